The number of nitrogens with one attached hydrogen (secondary N) is 1. The van der Waals surface area contributed by atoms with Crippen molar-refractivity contribution in [1.82, 2.24) is 5.09 Å². The average molecular weight is 451 g/mol. The summed E-state index contributed by atoms with van der Waals surface area (Å²) in [5, 5.41) is 4.11. The van der Waals surface area contributed by atoms with Crippen LogP contribution in [0, 0.1) is 0 Å². The molecular weight excluding hydrogens is 393 g/mol. The molecule has 1 nitrogen and oxygen atoms in total. The fourth-order valence-electron chi connectivity index (χ4n) is 4.49. The molecule has 0 aromatic rings. The van der Waals surface area contributed by atoms with Crippen molar-refractivity contribution in [2.75, 3.05) is 25.0 Å². The average Bonchev–Trinajstić information content (AvgIpc) is 2.70. The van der Waals surface area contributed by atoms with E-state index in [1.54, 1.807) is 0 Å². The van der Waals surface area contributed by atoms with Crippen LogP contribution in [-0.2, 0) is 0 Å². The molecule has 0 radical (unpaired) electrons. The van der Waals surface area contributed by atoms with Gasteiger partial charge in [-0.05, 0) is 45.4 Å². The molecule has 0 aliphatic carbocycles. The highest BCUT2D eigenvalue weighted by atomic mass is 35.5. The van der Waals surface area contributed by atoms with Crippen molar-refractivity contribution in [3.05, 3.63) is 0 Å². The Hall–Kier alpha value is 0.680. The van der Waals surface area contributed by atoms with E-state index in [1.807, 2.05) is 0 Å². The Morgan fingerprint density at radius 2 is 0.690 bits per heavy atom. The summed E-state index contributed by atoms with van der Waals surface area (Å²) in [4.78, 5) is 0. The van der Waals surface area contributed by atoms with Crippen molar-refractivity contribution >= 4 is 19.8 Å². The summed E-state index contributed by atoms with van der Waals surface area (Å²) in [6.07, 6.45) is 30.6. The third-order valence-corrected chi connectivity index (χ3v) is 10.8. The highest BCUT2D eigenvalue weighted by Crippen LogP contribution is 2.56. The first-order valence-electron chi connectivity index (χ1n) is 13.4. The van der Waals surface area contributed by atoms with Crippen molar-refractivity contribution < 1.29 is 0 Å². The maximum absolute atomic E-state index is 4.11. The van der Waals surface area contributed by atoms with Gasteiger partial charge in [-0.1, -0.05) is 97.8 Å². The number of hydrogen-bond acceptors (Lipinski definition) is 1. The summed E-state index contributed by atoms with van der Waals surface area (Å²) in [6.45, 7) is 10.5. The molecule has 0 bridgehead atoms. The predicted octanol–water partition coefficient (Wildman–Crippen LogP) is 10.0. The zero-order valence-electron chi connectivity index (χ0n) is 20.9. The highest BCUT2D eigenvalue weighted by Gasteiger charge is 2.34. The van der Waals surface area contributed by atoms with Gasteiger partial charge in [0.05, 0.1) is 25.9 Å². The second kappa shape index (κ2) is 24.9. The summed E-state index contributed by atoms with van der Waals surface area (Å²) in [5.41, 5.74) is 0. The van der Waals surface area contributed by atoms with Gasteiger partial charge in [-0.3, -0.25) is 0 Å². The maximum Gasteiger partial charge on any atom is 0.0799 e. The molecule has 1 N–H and O–H groups in total. The van der Waals surface area contributed by atoms with Gasteiger partial charge in [0.2, 0.25) is 0 Å². The molecule has 0 unspecified atom stereocenters. The van der Waals surface area contributed by atoms with Gasteiger partial charge >= 0.3 is 0 Å². The lowest BCUT2D eigenvalue weighted by Gasteiger charge is -2.28. The van der Waals surface area contributed by atoms with Crippen LogP contribution in [0.25, 0.3) is 0 Å². The van der Waals surface area contributed by atoms with Crippen molar-refractivity contribution in [2.24, 2.45) is 0 Å². The van der Waals surface area contributed by atoms with Gasteiger partial charge in [-0.25, -0.2) is 0 Å². The second-order valence-corrected chi connectivity index (χ2v) is 13.1. The van der Waals surface area contributed by atoms with E-state index >= 15 is 0 Å². The number of hydrogen-bond donors (Lipinski definition) is 1. The number of rotatable bonds is 23. The van der Waals surface area contributed by atoms with E-state index in [0.717, 1.165) is 0 Å². The van der Waals surface area contributed by atoms with Gasteiger partial charge in [0.1, 0.15) is 0 Å². The van der Waals surface area contributed by atoms with Crippen molar-refractivity contribution in [3.63, 3.8) is 0 Å². The Kier molecular flexibility index (Phi) is 27.4. The summed E-state index contributed by atoms with van der Waals surface area (Å²) < 4.78 is 0. The molecule has 0 saturated heterocycles. The summed E-state index contributed by atoms with van der Waals surface area (Å²) in [6, 6.07) is 0. The topological polar surface area (TPSA) is 12.0 Å². The van der Waals surface area contributed by atoms with Crippen LogP contribution in [0.2, 0.25) is 0 Å². The number of unbranched alkanes of at least 4 members (excludes halogenated alkanes) is 15. The molecule has 29 heavy (non-hydrogen) atoms. The molecule has 0 amide bonds. The zero-order valence-corrected chi connectivity index (χ0v) is 22.6. The Morgan fingerprint density at radius 3 is 0.966 bits per heavy atom. The highest BCUT2D eigenvalue weighted by molar-refractivity contribution is 7.74. The van der Waals surface area contributed by atoms with Gasteiger partial charge in [0.25, 0.3) is 0 Å². The molecular formula is C26H58ClNP+. The Balaban J connectivity index is 0. The van der Waals surface area contributed by atoms with Gasteiger partial charge in [-0.2, -0.15) is 5.09 Å². The molecule has 0 atom stereocenters. The van der Waals surface area contributed by atoms with Crippen LogP contribution in [0.5, 0.6) is 0 Å². The van der Waals surface area contributed by atoms with Crippen molar-refractivity contribution in [3.8, 4) is 0 Å². The van der Waals surface area contributed by atoms with Crippen LogP contribution in [0.3, 0.4) is 0 Å². The first-order valence-corrected chi connectivity index (χ1v) is 15.7. The Labute approximate surface area is 193 Å². The van der Waals surface area contributed by atoms with E-state index in [0.29, 0.717) is 0 Å². The predicted molar refractivity (Wildman–Crippen MR) is 143 cm³/mol. The number of halogens is 1. The van der Waals surface area contributed by atoms with Gasteiger partial charge in [0, 0.05) is 6.54 Å². The maximum atomic E-state index is 4.11. The van der Waals surface area contributed by atoms with E-state index in [1.165, 1.54) is 141 Å². The molecule has 0 rings (SSSR count). The van der Waals surface area contributed by atoms with Crippen molar-refractivity contribution in [1.29, 1.82) is 0 Å². The first kappa shape index (κ1) is 31.9. The minimum atomic E-state index is -0.913. The van der Waals surface area contributed by atoms with Crippen molar-refractivity contribution in [2.45, 2.75) is 143 Å². The molecule has 0 aromatic heterocycles. The van der Waals surface area contributed by atoms with E-state index in [9.17, 15) is 0 Å². The van der Waals surface area contributed by atoms with Crippen LogP contribution in [0.1, 0.15) is 143 Å². The molecule has 0 heterocycles. The quantitative estimate of drug-likeness (QED) is 0.120. The van der Waals surface area contributed by atoms with Crippen LogP contribution >= 0.6 is 19.8 Å². The lowest BCUT2D eigenvalue weighted by Crippen LogP contribution is -2.24. The molecule has 0 spiro atoms. The Bertz CT molecular complexity index is 258. The molecule has 0 aliphatic rings. The van der Waals surface area contributed by atoms with Crippen LogP contribution < -0.4 is 5.09 Å². The van der Waals surface area contributed by atoms with E-state index < -0.39 is 7.41 Å². The van der Waals surface area contributed by atoms with Crippen LogP contribution in [0.4, 0.5) is 0 Å². The fourth-order valence-corrected chi connectivity index (χ4v) is 8.80. The molecule has 0 aliphatic heterocycles. The standard InChI is InChI=1S/C26H57NP.ClH/c1-5-9-12-15-18-21-24-28(27-8-4,25-22-19-16-13-10-6-2)26-23-20-17-14-11-7-3;/h27H,5-26H2,1-4H3;1H/q+1;. The third-order valence-electron chi connectivity index (χ3n) is 6.31. The minimum absolute atomic E-state index is 0. The van der Waals surface area contributed by atoms with Gasteiger partial charge in [-0.15, -0.1) is 12.4 Å². The summed E-state index contributed by atoms with van der Waals surface area (Å²) in [5.74, 6) is 0. The lowest BCUT2D eigenvalue weighted by atomic mass is 10.1. The summed E-state index contributed by atoms with van der Waals surface area (Å²) in [7, 11) is -0.913. The molecule has 3 heteroatoms. The van der Waals surface area contributed by atoms with Crippen LogP contribution in [-0.4, -0.2) is 25.0 Å². The van der Waals surface area contributed by atoms with E-state index in [-0.39, 0.29) is 12.4 Å². The second-order valence-electron chi connectivity index (χ2n) is 9.13. The van der Waals surface area contributed by atoms with Crippen LogP contribution in [0.15, 0.2) is 0 Å². The summed E-state index contributed by atoms with van der Waals surface area (Å²) >= 11 is 0. The van der Waals surface area contributed by atoms with Gasteiger partial charge in [0.15, 0.2) is 0 Å². The molecule has 0 fully saturated rings. The minimum Gasteiger partial charge on any atom is -0.193 e. The molecule has 0 saturated carbocycles. The SMILES string of the molecule is CCCCCCCC[P+](CCCCCCCC)(CCCCCCCC)NCC.Cl. The molecule has 0 aromatic carbocycles. The van der Waals surface area contributed by atoms with E-state index in [4.69, 9.17) is 0 Å². The lowest BCUT2D eigenvalue weighted by molar-refractivity contribution is 0.613. The fraction of sp³-hybridized carbons (Fsp3) is 1.00. The monoisotopic (exact) mass is 450 g/mol. The first-order chi connectivity index (χ1) is 13.7. The Morgan fingerprint density at radius 1 is 0.414 bits per heavy atom. The largest absolute Gasteiger partial charge is 0.193 e. The third kappa shape index (κ3) is 20.3. The zero-order chi connectivity index (χ0) is 20.8. The normalized spacial score (nSPS) is 11.6. The smallest absolute Gasteiger partial charge is 0.0799 e. The van der Waals surface area contributed by atoms with E-state index in [2.05, 4.69) is 32.8 Å². The van der Waals surface area contributed by atoms with Gasteiger partial charge < -0.3 is 0 Å². The molecule has 178 valence electrons.